The molecule has 4 nitrogen and oxygen atoms in total. The number of aromatic amines is 1. The van der Waals surface area contributed by atoms with Crippen LogP contribution in [0.2, 0.25) is 0 Å². The van der Waals surface area contributed by atoms with Crippen molar-refractivity contribution in [2.45, 2.75) is 26.3 Å². The van der Waals surface area contributed by atoms with Crippen molar-refractivity contribution >= 4 is 16.9 Å². The molecule has 2 N–H and O–H groups in total. The summed E-state index contributed by atoms with van der Waals surface area (Å²) in [6.45, 7) is 5.82. The SMILES string of the molecule is Cc1ccccc1C(=O)NC(C)(C)c1nc2ccccc2[nH]1. The molecule has 1 aromatic heterocycles. The van der Waals surface area contributed by atoms with Crippen molar-refractivity contribution in [2.75, 3.05) is 0 Å². The summed E-state index contributed by atoms with van der Waals surface area (Å²) in [6.07, 6.45) is 0. The van der Waals surface area contributed by atoms with Crippen molar-refractivity contribution in [3.05, 3.63) is 65.5 Å². The lowest BCUT2D eigenvalue weighted by Crippen LogP contribution is -2.42. The fraction of sp³-hybridized carbons (Fsp3) is 0.222. The van der Waals surface area contributed by atoms with E-state index in [1.54, 1.807) is 0 Å². The van der Waals surface area contributed by atoms with E-state index >= 15 is 0 Å². The number of aromatic nitrogens is 2. The van der Waals surface area contributed by atoms with Gasteiger partial charge in [0, 0.05) is 5.56 Å². The van der Waals surface area contributed by atoms with E-state index < -0.39 is 5.54 Å². The second-order valence-corrected chi connectivity index (χ2v) is 6.00. The summed E-state index contributed by atoms with van der Waals surface area (Å²) in [5.41, 5.74) is 2.93. The molecule has 0 bridgehead atoms. The molecule has 2 aromatic carbocycles. The lowest BCUT2D eigenvalue weighted by Gasteiger charge is -2.24. The van der Waals surface area contributed by atoms with Crippen LogP contribution in [0, 0.1) is 6.92 Å². The fourth-order valence-corrected chi connectivity index (χ4v) is 2.49. The summed E-state index contributed by atoms with van der Waals surface area (Å²) in [6, 6.07) is 15.4. The van der Waals surface area contributed by atoms with Gasteiger partial charge in [0.15, 0.2) is 0 Å². The van der Waals surface area contributed by atoms with Gasteiger partial charge in [-0.1, -0.05) is 30.3 Å². The van der Waals surface area contributed by atoms with Crippen LogP contribution in [0.3, 0.4) is 0 Å². The third-order valence-electron chi connectivity index (χ3n) is 3.80. The first-order chi connectivity index (χ1) is 10.5. The summed E-state index contributed by atoms with van der Waals surface area (Å²) in [4.78, 5) is 20.4. The molecule has 1 heterocycles. The number of benzene rings is 2. The van der Waals surface area contributed by atoms with Crippen molar-refractivity contribution < 1.29 is 4.79 Å². The van der Waals surface area contributed by atoms with Crippen molar-refractivity contribution in [3.63, 3.8) is 0 Å². The van der Waals surface area contributed by atoms with Gasteiger partial charge in [-0.15, -0.1) is 0 Å². The highest BCUT2D eigenvalue weighted by atomic mass is 16.1. The summed E-state index contributed by atoms with van der Waals surface area (Å²) in [7, 11) is 0. The molecule has 22 heavy (non-hydrogen) atoms. The highest BCUT2D eigenvalue weighted by Crippen LogP contribution is 2.21. The number of amides is 1. The van der Waals surface area contributed by atoms with Crippen LogP contribution in [0.15, 0.2) is 48.5 Å². The Morgan fingerprint density at radius 1 is 1.09 bits per heavy atom. The third kappa shape index (κ3) is 2.60. The van der Waals surface area contributed by atoms with E-state index in [4.69, 9.17) is 0 Å². The molecule has 0 aliphatic rings. The molecule has 1 amide bonds. The van der Waals surface area contributed by atoms with Crippen molar-refractivity contribution in [1.29, 1.82) is 0 Å². The second-order valence-electron chi connectivity index (χ2n) is 6.00. The molecule has 3 rings (SSSR count). The molecular weight excluding hydrogens is 274 g/mol. The zero-order chi connectivity index (χ0) is 15.7. The first kappa shape index (κ1) is 14.3. The largest absolute Gasteiger partial charge is 0.340 e. The number of nitrogens with zero attached hydrogens (tertiary/aromatic N) is 1. The number of para-hydroxylation sites is 2. The van der Waals surface area contributed by atoms with Gasteiger partial charge >= 0.3 is 0 Å². The number of rotatable bonds is 3. The highest BCUT2D eigenvalue weighted by molar-refractivity contribution is 5.96. The number of carbonyl (C=O) groups excluding carboxylic acids is 1. The number of aryl methyl sites for hydroxylation is 1. The molecule has 0 radical (unpaired) electrons. The van der Waals surface area contributed by atoms with Crippen LogP contribution in [0.25, 0.3) is 11.0 Å². The monoisotopic (exact) mass is 293 g/mol. The standard InChI is InChI=1S/C18H19N3O/c1-12-8-4-5-9-13(12)16(22)21-18(2,3)17-19-14-10-6-7-11-15(14)20-17/h4-11H,1-3H3,(H,19,20)(H,21,22). The minimum absolute atomic E-state index is 0.0939. The van der Waals surface area contributed by atoms with Crippen molar-refractivity contribution in [3.8, 4) is 0 Å². The van der Waals surface area contributed by atoms with E-state index in [2.05, 4.69) is 15.3 Å². The van der Waals surface area contributed by atoms with Gasteiger partial charge in [-0.2, -0.15) is 0 Å². The van der Waals surface area contributed by atoms with Crippen LogP contribution in [0.4, 0.5) is 0 Å². The van der Waals surface area contributed by atoms with Gasteiger partial charge in [0.1, 0.15) is 5.82 Å². The zero-order valence-electron chi connectivity index (χ0n) is 13.0. The van der Waals surface area contributed by atoms with Crippen LogP contribution >= 0.6 is 0 Å². The quantitative estimate of drug-likeness (QED) is 0.776. The minimum atomic E-state index is -0.585. The van der Waals surface area contributed by atoms with E-state index in [0.29, 0.717) is 5.56 Å². The van der Waals surface area contributed by atoms with Gasteiger partial charge in [0.25, 0.3) is 5.91 Å². The number of H-pyrrole nitrogens is 1. The van der Waals surface area contributed by atoms with E-state index in [-0.39, 0.29) is 5.91 Å². The number of hydrogen-bond donors (Lipinski definition) is 2. The molecule has 0 saturated carbocycles. The first-order valence-electron chi connectivity index (χ1n) is 7.31. The van der Waals surface area contributed by atoms with E-state index in [1.807, 2.05) is 69.3 Å². The van der Waals surface area contributed by atoms with Gasteiger partial charge in [-0.05, 0) is 44.5 Å². The van der Waals surface area contributed by atoms with Crippen LogP contribution < -0.4 is 5.32 Å². The highest BCUT2D eigenvalue weighted by Gasteiger charge is 2.27. The van der Waals surface area contributed by atoms with E-state index in [0.717, 1.165) is 22.4 Å². The Morgan fingerprint density at radius 2 is 1.77 bits per heavy atom. The predicted molar refractivity (Wildman–Crippen MR) is 87.8 cm³/mol. The minimum Gasteiger partial charge on any atom is -0.340 e. The van der Waals surface area contributed by atoms with Crippen molar-refractivity contribution in [2.24, 2.45) is 0 Å². The summed E-state index contributed by atoms with van der Waals surface area (Å²) >= 11 is 0. The number of imidazole rings is 1. The van der Waals surface area contributed by atoms with Gasteiger partial charge in [0.05, 0.1) is 16.6 Å². The van der Waals surface area contributed by atoms with Crippen LogP contribution in [-0.2, 0) is 5.54 Å². The zero-order valence-corrected chi connectivity index (χ0v) is 13.0. The molecule has 4 heteroatoms. The Bertz CT molecular complexity index is 800. The average Bonchev–Trinajstić information content (AvgIpc) is 2.92. The lowest BCUT2D eigenvalue weighted by molar-refractivity contribution is 0.0908. The normalized spacial score (nSPS) is 11.6. The molecule has 0 fully saturated rings. The Hall–Kier alpha value is -2.62. The second kappa shape index (κ2) is 5.30. The van der Waals surface area contributed by atoms with E-state index in [9.17, 15) is 4.79 Å². The molecule has 0 aliphatic carbocycles. The number of carbonyl (C=O) groups is 1. The Kier molecular flexibility index (Phi) is 3.45. The van der Waals surface area contributed by atoms with Gasteiger partial charge in [-0.25, -0.2) is 4.98 Å². The molecular formula is C18H19N3O. The van der Waals surface area contributed by atoms with Crippen LogP contribution in [0.5, 0.6) is 0 Å². The van der Waals surface area contributed by atoms with Crippen LogP contribution in [0.1, 0.15) is 35.6 Å². The molecule has 0 unspecified atom stereocenters. The molecule has 0 saturated heterocycles. The van der Waals surface area contributed by atoms with Crippen LogP contribution in [-0.4, -0.2) is 15.9 Å². The van der Waals surface area contributed by atoms with E-state index in [1.165, 1.54) is 0 Å². The topological polar surface area (TPSA) is 57.8 Å². The average molecular weight is 293 g/mol. The summed E-state index contributed by atoms with van der Waals surface area (Å²) in [5.74, 6) is 0.652. The number of fused-ring (bicyclic) bond motifs is 1. The maximum absolute atomic E-state index is 12.5. The van der Waals surface area contributed by atoms with Crippen molar-refractivity contribution in [1.82, 2.24) is 15.3 Å². The molecule has 0 aliphatic heterocycles. The maximum atomic E-state index is 12.5. The summed E-state index contributed by atoms with van der Waals surface area (Å²) < 4.78 is 0. The molecule has 0 atom stereocenters. The predicted octanol–water partition coefficient (Wildman–Crippen LogP) is 3.54. The fourth-order valence-electron chi connectivity index (χ4n) is 2.49. The Labute approximate surface area is 129 Å². The summed E-state index contributed by atoms with van der Waals surface area (Å²) in [5, 5.41) is 3.06. The lowest BCUT2D eigenvalue weighted by atomic mass is 10.0. The Balaban J connectivity index is 1.89. The van der Waals surface area contributed by atoms with Gasteiger partial charge < -0.3 is 10.3 Å². The molecule has 112 valence electrons. The van der Waals surface area contributed by atoms with Gasteiger partial charge in [-0.3, -0.25) is 4.79 Å². The first-order valence-corrected chi connectivity index (χ1v) is 7.31. The third-order valence-corrected chi connectivity index (χ3v) is 3.80. The smallest absolute Gasteiger partial charge is 0.252 e. The van der Waals surface area contributed by atoms with Gasteiger partial charge in [0.2, 0.25) is 0 Å². The number of nitrogens with one attached hydrogen (secondary N) is 2. The number of hydrogen-bond acceptors (Lipinski definition) is 2. The molecule has 0 spiro atoms. The Morgan fingerprint density at radius 3 is 2.50 bits per heavy atom. The molecule has 3 aromatic rings. The maximum Gasteiger partial charge on any atom is 0.252 e.